The third-order valence-corrected chi connectivity index (χ3v) is 7.78. The summed E-state index contributed by atoms with van der Waals surface area (Å²) in [6, 6.07) is 34.3. The van der Waals surface area contributed by atoms with Crippen LogP contribution in [0.2, 0.25) is 0 Å². The number of carbonyl (C=O) groups is 2. The first kappa shape index (κ1) is 24.6. The van der Waals surface area contributed by atoms with E-state index in [-0.39, 0.29) is 11.5 Å². The number of esters is 1. The van der Waals surface area contributed by atoms with E-state index in [0.717, 1.165) is 49.1 Å². The summed E-state index contributed by atoms with van der Waals surface area (Å²) in [5.74, 6) is 0.229. The molecule has 0 amide bonds. The van der Waals surface area contributed by atoms with Crippen molar-refractivity contribution in [3.05, 3.63) is 131 Å². The van der Waals surface area contributed by atoms with Gasteiger partial charge in [0, 0.05) is 28.0 Å². The maximum absolute atomic E-state index is 14.3. The molecule has 0 fully saturated rings. The molecule has 0 saturated heterocycles. The molecule has 0 radical (unpaired) electrons. The Morgan fingerprint density at radius 2 is 1.27 bits per heavy atom. The van der Waals surface area contributed by atoms with Crippen molar-refractivity contribution in [3.8, 4) is 11.5 Å². The van der Waals surface area contributed by atoms with Gasteiger partial charge in [-0.15, -0.1) is 0 Å². The molecule has 7 aromatic rings. The smallest absolute Gasteiger partial charge is 0.344 e. The fourth-order valence-corrected chi connectivity index (χ4v) is 5.72. The molecule has 41 heavy (non-hydrogen) atoms. The summed E-state index contributed by atoms with van der Waals surface area (Å²) in [6.45, 7) is 1.88. The Balaban J connectivity index is 1.46. The van der Waals surface area contributed by atoms with E-state index in [1.807, 2.05) is 110 Å². The molecular weight excluding hydrogens is 510 g/mol. The van der Waals surface area contributed by atoms with E-state index in [4.69, 9.17) is 9.47 Å². The molecule has 198 valence electrons. The number of methoxy groups -OCH3 is 1. The third kappa shape index (κ3) is 4.02. The van der Waals surface area contributed by atoms with Crippen LogP contribution in [-0.4, -0.2) is 23.8 Å². The van der Waals surface area contributed by atoms with E-state index >= 15 is 0 Å². The molecule has 1 heterocycles. The number of hydrogen-bond donors (Lipinski definition) is 1. The Hall–Kier alpha value is -5.42. The van der Waals surface area contributed by atoms with Crippen LogP contribution >= 0.6 is 0 Å². The standard InChI is InChI=1S/C36H25NO4/c1-21-33-30(27-18-17-24(40-2)19-32(27)37-33)20-31(34(38)28-15-7-11-22-9-3-5-13-25(22)28)35(21)41-36(39)29-16-8-12-23-10-4-6-14-26(23)29/h3-20,37H,1-2H3. The fourth-order valence-electron chi connectivity index (χ4n) is 5.72. The number of ether oxygens (including phenoxy) is 2. The van der Waals surface area contributed by atoms with Gasteiger partial charge in [-0.1, -0.05) is 78.9 Å². The zero-order chi connectivity index (χ0) is 28.1. The van der Waals surface area contributed by atoms with Crippen LogP contribution in [0.5, 0.6) is 11.5 Å². The molecule has 6 aromatic carbocycles. The van der Waals surface area contributed by atoms with Gasteiger partial charge in [-0.3, -0.25) is 4.79 Å². The number of carbonyl (C=O) groups excluding carboxylic acids is 2. The van der Waals surface area contributed by atoms with Crippen LogP contribution in [0.3, 0.4) is 0 Å². The largest absolute Gasteiger partial charge is 0.497 e. The number of fused-ring (bicyclic) bond motifs is 5. The summed E-state index contributed by atoms with van der Waals surface area (Å²) in [5, 5.41) is 5.35. The summed E-state index contributed by atoms with van der Waals surface area (Å²) in [7, 11) is 1.63. The fraction of sp³-hybridized carbons (Fsp3) is 0.0556. The quantitative estimate of drug-likeness (QED) is 0.137. The van der Waals surface area contributed by atoms with Crippen molar-refractivity contribution < 1.29 is 19.1 Å². The average molecular weight is 536 g/mol. The number of aromatic amines is 1. The average Bonchev–Trinajstić information content (AvgIpc) is 3.39. The van der Waals surface area contributed by atoms with Gasteiger partial charge in [0.2, 0.25) is 0 Å². The molecule has 0 aliphatic rings. The molecule has 0 aliphatic carbocycles. The Labute approximate surface area is 235 Å². The van der Waals surface area contributed by atoms with Gasteiger partial charge in [-0.2, -0.15) is 0 Å². The van der Waals surface area contributed by atoms with E-state index in [1.54, 1.807) is 13.2 Å². The second-order valence-corrected chi connectivity index (χ2v) is 10.1. The van der Waals surface area contributed by atoms with Crippen LogP contribution in [0, 0.1) is 6.92 Å². The highest BCUT2D eigenvalue weighted by Crippen LogP contribution is 2.39. The van der Waals surface area contributed by atoms with Crippen LogP contribution < -0.4 is 9.47 Å². The lowest BCUT2D eigenvalue weighted by molar-refractivity contribution is 0.0734. The van der Waals surface area contributed by atoms with Crippen molar-refractivity contribution in [3.63, 3.8) is 0 Å². The lowest BCUT2D eigenvalue weighted by atomic mass is 9.94. The van der Waals surface area contributed by atoms with Gasteiger partial charge < -0.3 is 14.5 Å². The minimum atomic E-state index is -0.519. The summed E-state index contributed by atoms with van der Waals surface area (Å²) in [4.78, 5) is 31.5. The maximum Gasteiger partial charge on any atom is 0.344 e. The van der Waals surface area contributed by atoms with E-state index in [0.29, 0.717) is 22.3 Å². The van der Waals surface area contributed by atoms with Gasteiger partial charge >= 0.3 is 5.97 Å². The number of benzene rings is 6. The Bertz CT molecular complexity index is 2160. The second-order valence-electron chi connectivity index (χ2n) is 10.1. The Morgan fingerprint density at radius 1 is 0.634 bits per heavy atom. The molecular formula is C36H25NO4. The highest BCUT2D eigenvalue weighted by Gasteiger charge is 2.25. The zero-order valence-corrected chi connectivity index (χ0v) is 22.5. The Kier molecular flexibility index (Phi) is 5.79. The molecule has 7 rings (SSSR count). The lowest BCUT2D eigenvalue weighted by Crippen LogP contribution is -2.14. The van der Waals surface area contributed by atoms with Gasteiger partial charge in [0.1, 0.15) is 11.5 Å². The molecule has 1 N–H and O–H groups in total. The van der Waals surface area contributed by atoms with Crippen molar-refractivity contribution >= 4 is 55.1 Å². The van der Waals surface area contributed by atoms with Crippen molar-refractivity contribution in [1.82, 2.24) is 4.98 Å². The molecule has 0 unspecified atom stereocenters. The first-order valence-electron chi connectivity index (χ1n) is 13.4. The minimum absolute atomic E-state index is 0.213. The first-order chi connectivity index (χ1) is 20.0. The Morgan fingerprint density at radius 3 is 1.98 bits per heavy atom. The number of rotatable bonds is 5. The van der Waals surface area contributed by atoms with Crippen molar-refractivity contribution in [2.75, 3.05) is 7.11 Å². The van der Waals surface area contributed by atoms with Crippen LogP contribution in [0.1, 0.15) is 31.8 Å². The minimum Gasteiger partial charge on any atom is -0.497 e. The van der Waals surface area contributed by atoms with Crippen LogP contribution in [-0.2, 0) is 0 Å². The number of nitrogens with one attached hydrogen (secondary N) is 1. The molecule has 0 spiro atoms. The number of hydrogen-bond acceptors (Lipinski definition) is 4. The normalized spacial score (nSPS) is 11.4. The zero-order valence-electron chi connectivity index (χ0n) is 22.5. The highest BCUT2D eigenvalue weighted by atomic mass is 16.5. The number of aryl methyl sites for hydroxylation is 1. The monoisotopic (exact) mass is 535 g/mol. The topological polar surface area (TPSA) is 68.4 Å². The van der Waals surface area contributed by atoms with Gasteiger partial charge in [0.05, 0.1) is 29.3 Å². The summed E-state index contributed by atoms with van der Waals surface area (Å²) >= 11 is 0. The lowest BCUT2D eigenvalue weighted by Gasteiger charge is -2.15. The van der Waals surface area contributed by atoms with E-state index in [2.05, 4.69) is 4.98 Å². The maximum atomic E-state index is 14.3. The molecule has 0 atom stereocenters. The highest BCUT2D eigenvalue weighted by molar-refractivity contribution is 6.21. The van der Waals surface area contributed by atoms with Gasteiger partial charge in [-0.25, -0.2) is 4.79 Å². The number of aromatic nitrogens is 1. The third-order valence-electron chi connectivity index (χ3n) is 7.78. The van der Waals surface area contributed by atoms with Crippen molar-refractivity contribution in [2.24, 2.45) is 0 Å². The van der Waals surface area contributed by atoms with Gasteiger partial charge in [0.25, 0.3) is 0 Å². The van der Waals surface area contributed by atoms with Gasteiger partial charge in [-0.05, 0) is 52.7 Å². The summed E-state index contributed by atoms with van der Waals surface area (Å²) in [6.07, 6.45) is 0. The van der Waals surface area contributed by atoms with Crippen molar-refractivity contribution in [2.45, 2.75) is 6.92 Å². The van der Waals surface area contributed by atoms with Crippen LogP contribution in [0.4, 0.5) is 0 Å². The van der Waals surface area contributed by atoms with E-state index in [9.17, 15) is 9.59 Å². The molecule has 5 nitrogen and oxygen atoms in total. The number of H-pyrrole nitrogens is 1. The molecule has 0 saturated carbocycles. The first-order valence-corrected chi connectivity index (χ1v) is 13.4. The predicted molar refractivity (Wildman–Crippen MR) is 163 cm³/mol. The van der Waals surface area contributed by atoms with E-state index in [1.165, 1.54) is 0 Å². The second kappa shape index (κ2) is 9.65. The van der Waals surface area contributed by atoms with Crippen LogP contribution in [0.25, 0.3) is 43.4 Å². The molecule has 5 heteroatoms. The SMILES string of the molecule is COc1ccc2c(c1)[nH]c1c(C)c(OC(=O)c3cccc4ccccc34)c(C(=O)c3cccc4ccccc34)cc12. The molecule has 1 aromatic heterocycles. The summed E-state index contributed by atoms with van der Waals surface area (Å²) < 4.78 is 11.6. The van der Waals surface area contributed by atoms with E-state index < -0.39 is 5.97 Å². The molecule has 0 bridgehead atoms. The van der Waals surface area contributed by atoms with Crippen LogP contribution in [0.15, 0.2) is 109 Å². The molecule has 0 aliphatic heterocycles. The number of ketones is 1. The van der Waals surface area contributed by atoms with Crippen molar-refractivity contribution in [1.29, 1.82) is 0 Å². The predicted octanol–water partition coefficient (Wildman–Crippen LogP) is 8.39. The summed E-state index contributed by atoms with van der Waals surface area (Å²) in [5.41, 5.74) is 3.65. The van der Waals surface area contributed by atoms with Gasteiger partial charge in [0.15, 0.2) is 5.78 Å².